The number of aliphatic hydroxyl groups is 1. The third kappa shape index (κ3) is 3.47. The summed E-state index contributed by atoms with van der Waals surface area (Å²) in [6.45, 7) is 7.57. The van der Waals surface area contributed by atoms with Crippen LogP contribution in [-0.4, -0.2) is 23.8 Å². The number of nitrogens with two attached hydrogens (primary N) is 1. The highest BCUT2D eigenvalue weighted by Gasteiger charge is 2.35. The molecule has 3 nitrogen and oxygen atoms in total. The fourth-order valence-electron chi connectivity index (χ4n) is 3.03. The Morgan fingerprint density at radius 1 is 1.37 bits per heavy atom. The second-order valence-corrected chi connectivity index (χ2v) is 5.61. The number of rotatable bonds is 2. The monoisotopic (exact) mass is 306 g/mol. The van der Waals surface area contributed by atoms with Gasteiger partial charge in [0.25, 0.3) is 0 Å². The number of hydrogen-bond donors (Lipinski definition) is 2. The van der Waals surface area contributed by atoms with Gasteiger partial charge < -0.3 is 15.7 Å². The molecule has 2 rings (SSSR count). The predicted octanol–water partition coefficient (Wildman–Crippen LogP) is 3.20. The molecule has 1 aromatic rings. The minimum Gasteiger partial charge on any atom is -0.399 e. The van der Waals surface area contributed by atoms with Gasteiger partial charge in [0.15, 0.2) is 0 Å². The molecule has 0 fully saturated rings. The van der Waals surface area contributed by atoms with Crippen molar-refractivity contribution in [2.24, 2.45) is 0 Å². The first-order valence-corrected chi connectivity index (χ1v) is 6.23. The van der Waals surface area contributed by atoms with E-state index in [1.165, 1.54) is 11.3 Å². The van der Waals surface area contributed by atoms with Gasteiger partial charge in [-0.3, -0.25) is 0 Å². The highest BCUT2D eigenvalue weighted by atomic mass is 35.5. The molecule has 0 aromatic heterocycles. The van der Waals surface area contributed by atoms with Gasteiger partial charge in [-0.15, -0.1) is 24.8 Å². The van der Waals surface area contributed by atoms with Crippen LogP contribution in [0, 0.1) is 0 Å². The van der Waals surface area contributed by atoms with Gasteiger partial charge in [0.1, 0.15) is 0 Å². The third-order valence-corrected chi connectivity index (χ3v) is 3.73. The van der Waals surface area contributed by atoms with Crippen LogP contribution in [0.3, 0.4) is 0 Å². The van der Waals surface area contributed by atoms with Crippen LogP contribution in [0.5, 0.6) is 0 Å². The van der Waals surface area contributed by atoms with E-state index in [0.717, 1.165) is 12.1 Å². The molecule has 1 unspecified atom stereocenters. The van der Waals surface area contributed by atoms with Gasteiger partial charge in [0.05, 0.1) is 6.61 Å². The summed E-state index contributed by atoms with van der Waals surface area (Å²) in [6, 6.07) is 6.09. The average Bonchev–Trinajstić information content (AvgIpc) is 2.24. The van der Waals surface area contributed by atoms with E-state index in [1.54, 1.807) is 0 Å². The molecule has 0 spiro atoms. The van der Waals surface area contributed by atoms with Crippen molar-refractivity contribution in [3.05, 3.63) is 23.8 Å². The highest BCUT2D eigenvalue weighted by molar-refractivity contribution is 5.85. The van der Waals surface area contributed by atoms with Crippen molar-refractivity contribution in [3.8, 4) is 0 Å². The molecular weight excluding hydrogens is 283 g/mol. The van der Waals surface area contributed by atoms with Crippen molar-refractivity contribution >= 4 is 36.2 Å². The SMILES string of the molecule is CC1CC(C)(C)N(CCO)c2ccc(N)cc21.Cl.Cl. The first kappa shape index (κ1) is 18.4. The van der Waals surface area contributed by atoms with E-state index in [0.29, 0.717) is 12.5 Å². The van der Waals surface area contributed by atoms with E-state index in [4.69, 9.17) is 5.73 Å². The van der Waals surface area contributed by atoms with Crippen LogP contribution >= 0.6 is 24.8 Å². The Balaban J connectivity index is 0.00000162. The summed E-state index contributed by atoms with van der Waals surface area (Å²) in [5.41, 5.74) is 9.29. The second-order valence-electron chi connectivity index (χ2n) is 5.61. The Kier molecular flexibility index (Phi) is 6.46. The Bertz CT molecular complexity index is 424. The smallest absolute Gasteiger partial charge is 0.0606 e. The van der Waals surface area contributed by atoms with Gasteiger partial charge in [0, 0.05) is 23.5 Å². The quantitative estimate of drug-likeness (QED) is 0.825. The molecule has 0 aliphatic carbocycles. The van der Waals surface area contributed by atoms with Crippen LogP contribution in [0.2, 0.25) is 0 Å². The molecule has 1 atom stereocenters. The number of halogens is 2. The van der Waals surface area contributed by atoms with E-state index in [-0.39, 0.29) is 37.0 Å². The molecular formula is C14H24Cl2N2O. The fourth-order valence-corrected chi connectivity index (χ4v) is 3.03. The number of nitrogens with zero attached hydrogens (tertiary/aromatic N) is 1. The van der Waals surface area contributed by atoms with Gasteiger partial charge in [-0.2, -0.15) is 0 Å². The molecule has 0 bridgehead atoms. The Labute approximate surface area is 128 Å². The van der Waals surface area contributed by atoms with Gasteiger partial charge in [0.2, 0.25) is 0 Å². The van der Waals surface area contributed by atoms with E-state index in [1.807, 2.05) is 6.07 Å². The summed E-state index contributed by atoms with van der Waals surface area (Å²) in [6.07, 6.45) is 1.09. The zero-order chi connectivity index (χ0) is 12.6. The lowest BCUT2D eigenvalue weighted by Crippen LogP contribution is -2.49. The summed E-state index contributed by atoms with van der Waals surface area (Å²) in [5, 5.41) is 9.23. The van der Waals surface area contributed by atoms with E-state index >= 15 is 0 Å². The average molecular weight is 307 g/mol. The summed E-state index contributed by atoms with van der Waals surface area (Å²) >= 11 is 0. The standard InChI is InChI=1S/C14H22N2O.2ClH/c1-10-9-14(2,3)16(6-7-17)13-5-4-11(15)8-12(10)13;;/h4-5,8,10,17H,6-7,9,15H2,1-3H3;2*1H. The van der Waals surface area contributed by atoms with E-state index in [2.05, 4.69) is 37.8 Å². The Morgan fingerprint density at radius 2 is 2.00 bits per heavy atom. The molecule has 0 radical (unpaired) electrons. The number of fused-ring (bicyclic) bond motifs is 1. The predicted molar refractivity (Wildman–Crippen MR) is 86.9 cm³/mol. The molecule has 0 saturated carbocycles. The van der Waals surface area contributed by atoms with Crippen molar-refractivity contribution in [1.29, 1.82) is 0 Å². The molecule has 110 valence electrons. The third-order valence-electron chi connectivity index (χ3n) is 3.73. The zero-order valence-corrected chi connectivity index (χ0v) is 13.4. The van der Waals surface area contributed by atoms with Crippen molar-refractivity contribution < 1.29 is 5.11 Å². The van der Waals surface area contributed by atoms with Crippen molar-refractivity contribution in [3.63, 3.8) is 0 Å². The number of benzene rings is 1. The maximum Gasteiger partial charge on any atom is 0.0606 e. The van der Waals surface area contributed by atoms with Crippen LogP contribution in [0.15, 0.2) is 18.2 Å². The maximum atomic E-state index is 9.23. The van der Waals surface area contributed by atoms with Crippen LogP contribution in [-0.2, 0) is 0 Å². The van der Waals surface area contributed by atoms with Crippen molar-refractivity contribution in [1.82, 2.24) is 0 Å². The summed E-state index contributed by atoms with van der Waals surface area (Å²) in [5.74, 6) is 0.512. The van der Waals surface area contributed by atoms with Crippen molar-refractivity contribution in [2.45, 2.75) is 38.6 Å². The molecule has 1 aromatic carbocycles. The van der Waals surface area contributed by atoms with Gasteiger partial charge >= 0.3 is 0 Å². The van der Waals surface area contributed by atoms with E-state index in [9.17, 15) is 5.11 Å². The summed E-state index contributed by atoms with van der Waals surface area (Å²) in [7, 11) is 0. The van der Waals surface area contributed by atoms with Crippen molar-refractivity contribution in [2.75, 3.05) is 23.8 Å². The zero-order valence-electron chi connectivity index (χ0n) is 11.7. The number of nitrogen functional groups attached to an aromatic ring is 1. The van der Waals surface area contributed by atoms with Gasteiger partial charge in [-0.25, -0.2) is 0 Å². The number of hydrogen-bond acceptors (Lipinski definition) is 3. The fraction of sp³-hybridized carbons (Fsp3) is 0.571. The topological polar surface area (TPSA) is 49.5 Å². The number of aliphatic hydroxyl groups excluding tert-OH is 1. The van der Waals surface area contributed by atoms with Crippen LogP contribution in [0.1, 0.15) is 38.7 Å². The minimum absolute atomic E-state index is 0. The number of anilines is 2. The normalized spacial score (nSPS) is 20.0. The van der Waals surface area contributed by atoms with Crippen LogP contribution < -0.4 is 10.6 Å². The lowest BCUT2D eigenvalue weighted by Gasteiger charge is -2.47. The molecule has 19 heavy (non-hydrogen) atoms. The summed E-state index contributed by atoms with van der Waals surface area (Å²) in [4.78, 5) is 2.29. The maximum absolute atomic E-state index is 9.23. The Hall–Kier alpha value is -0.640. The first-order chi connectivity index (χ1) is 7.95. The van der Waals surface area contributed by atoms with E-state index < -0.39 is 0 Å². The van der Waals surface area contributed by atoms with Crippen LogP contribution in [0.25, 0.3) is 0 Å². The molecule has 0 amide bonds. The lowest BCUT2D eigenvalue weighted by molar-refractivity contribution is 0.277. The van der Waals surface area contributed by atoms with Gasteiger partial charge in [-0.05, 0) is 49.9 Å². The Morgan fingerprint density at radius 3 is 2.58 bits per heavy atom. The molecule has 5 heteroatoms. The summed E-state index contributed by atoms with van der Waals surface area (Å²) < 4.78 is 0. The second kappa shape index (κ2) is 6.69. The van der Waals surface area contributed by atoms with Gasteiger partial charge in [-0.1, -0.05) is 6.92 Å². The molecule has 0 saturated heterocycles. The molecule has 3 N–H and O–H groups in total. The minimum atomic E-state index is 0. The molecule has 1 aliphatic rings. The molecule has 1 heterocycles. The lowest BCUT2D eigenvalue weighted by atomic mass is 9.80. The highest BCUT2D eigenvalue weighted by Crippen LogP contribution is 2.43. The molecule has 1 aliphatic heterocycles. The largest absolute Gasteiger partial charge is 0.399 e. The van der Waals surface area contributed by atoms with Crippen LogP contribution in [0.4, 0.5) is 11.4 Å². The first-order valence-electron chi connectivity index (χ1n) is 6.23. The number of β-amino-alcohol motifs (C(OH)–C–C–N with tert-alkyl or cyclic N) is 1.